The highest BCUT2D eigenvalue weighted by molar-refractivity contribution is 5.95. The lowest BCUT2D eigenvalue weighted by atomic mass is 10.1. The number of aryl methyl sites for hydroxylation is 1. The number of aromatic nitrogens is 2. The monoisotopic (exact) mass is 263 g/mol. The minimum atomic E-state index is -1.12. The number of carboxylic acid groups (broad SMARTS) is 1. The van der Waals surface area contributed by atoms with Crippen LogP contribution in [0.2, 0.25) is 0 Å². The molecule has 2 rings (SSSR count). The highest BCUT2D eigenvalue weighted by atomic mass is 16.4. The number of rotatable bonds is 5. The number of carbonyl (C=O) groups excluding carboxylic acids is 1. The molecule has 0 saturated heterocycles. The lowest BCUT2D eigenvalue weighted by Gasteiger charge is -2.12. The van der Waals surface area contributed by atoms with E-state index < -0.39 is 17.9 Å². The Morgan fingerprint density at radius 1 is 1.58 bits per heavy atom. The number of carboxylic acids is 1. The number of amides is 1. The molecule has 0 fully saturated rings. The Morgan fingerprint density at radius 3 is 2.89 bits per heavy atom. The molecule has 19 heavy (non-hydrogen) atoms. The number of hydrogen-bond donors (Lipinski definition) is 3. The number of aliphatic carboxylic acids is 1. The lowest BCUT2D eigenvalue weighted by molar-refractivity contribution is -0.139. The van der Waals surface area contributed by atoms with Crippen molar-refractivity contribution in [1.29, 1.82) is 0 Å². The quantitative estimate of drug-likeness (QED) is 0.737. The van der Waals surface area contributed by atoms with Gasteiger partial charge in [-0.1, -0.05) is 0 Å². The lowest BCUT2D eigenvalue weighted by Crippen LogP contribution is -2.42. The zero-order valence-corrected chi connectivity index (χ0v) is 10.2. The molecule has 0 aromatic carbocycles. The smallest absolute Gasteiger partial charge is 0.326 e. The third-order valence-electron chi connectivity index (χ3n) is 2.65. The number of H-pyrrole nitrogens is 1. The zero-order chi connectivity index (χ0) is 13.8. The van der Waals surface area contributed by atoms with E-state index in [1.165, 1.54) is 18.8 Å². The molecule has 100 valence electrons. The van der Waals surface area contributed by atoms with Crippen LogP contribution in [0.25, 0.3) is 0 Å². The van der Waals surface area contributed by atoms with Crippen molar-refractivity contribution in [2.24, 2.45) is 0 Å². The van der Waals surface area contributed by atoms with Gasteiger partial charge in [-0.15, -0.1) is 0 Å². The van der Waals surface area contributed by atoms with Crippen LogP contribution in [0.4, 0.5) is 0 Å². The summed E-state index contributed by atoms with van der Waals surface area (Å²) in [5.74, 6) is -1.54. The van der Waals surface area contributed by atoms with Gasteiger partial charge in [0.2, 0.25) is 0 Å². The maximum Gasteiger partial charge on any atom is 0.326 e. The van der Waals surface area contributed by atoms with Crippen molar-refractivity contribution < 1.29 is 19.1 Å². The maximum absolute atomic E-state index is 11.9. The van der Waals surface area contributed by atoms with E-state index in [1.54, 1.807) is 13.0 Å². The maximum atomic E-state index is 11.9. The molecule has 0 spiro atoms. The molecule has 2 aromatic heterocycles. The molecule has 1 amide bonds. The van der Waals surface area contributed by atoms with E-state index >= 15 is 0 Å². The van der Waals surface area contributed by atoms with Crippen LogP contribution in [-0.4, -0.2) is 33.0 Å². The summed E-state index contributed by atoms with van der Waals surface area (Å²) in [4.78, 5) is 29.6. The molecule has 2 heterocycles. The average Bonchev–Trinajstić information content (AvgIpc) is 2.99. The highest BCUT2D eigenvalue weighted by Crippen LogP contribution is 2.09. The van der Waals surface area contributed by atoms with E-state index in [0.717, 1.165) is 0 Å². The number of hydrogen-bond acceptors (Lipinski definition) is 4. The van der Waals surface area contributed by atoms with Gasteiger partial charge in [-0.05, 0) is 13.0 Å². The third kappa shape index (κ3) is 3.01. The van der Waals surface area contributed by atoms with Gasteiger partial charge in [-0.3, -0.25) is 4.79 Å². The standard InChI is InChI=1S/C12H13N3O4/c1-7-2-3-19-10(7)11(16)15-9(12(17)18)4-8-5-13-6-14-8/h2-3,5-6,9H,4H2,1H3,(H,13,14)(H,15,16)(H,17,18). The molecule has 0 aliphatic carbocycles. The van der Waals surface area contributed by atoms with Crippen LogP contribution in [0, 0.1) is 6.92 Å². The van der Waals surface area contributed by atoms with E-state index in [4.69, 9.17) is 9.52 Å². The fourth-order valence-electron chi connectivity index (χ4n) is 1.65. The fraction of sp³-hybridized carbons (Fsp3) is 0.250. The molecule has 7 nitrogen and oxygen atoms in total. The van der Waals surface area contributed by atoms with Crippen molar-refractivity contribution in [3.8, 4) is 0 Å². The van der Waals surface area contributed by atoms with Gasteiger partial charge >= 0.3 is 5.97 Å². The van der Waals surface area contributed by atoms with E-state index in [-0.39, 0.29) is 12.2 Å². The van der Waals surface area contributed by atoms with Gasteiger partial charge in [-0.2, -0.15) is 0 Å². The second-order valence-electron chi connectivity index (χ2n) is 4.08. The topological polar surface area (TPSA) is 108 Å². The first kappa shape index (κ1) is 12.9. The summed E-state index contributed by atoms with van der Waals surface area (Å²) >= 11 is 0. The molecule has 0 radical (unpaired) electrons. The van der Waals surface area contributed by atoms with Crippen molar-refractivity contribution in [2.75, 3.05) is 0 Å². The van der Waals surface area contributed by atoms with Crippen molar-refractivity contribution in [2.45, 2.75) is 19.4 Å². The summed E-state index contributed by atoms with van der Waals surface area (Å²) in [7, 11) is 0. The number of nitrogens with zero attached hydrogens (tertiary/aromatic N) is 1. The number of nitrogens with one attached hydrogen (secondary N) is 2. The van der Waals surface area contributed by atoms with Crippen LogP contribution in [0.5, 0.6) is 0 Å². The van der Waals surface area contributed by atoms with Crippen molar-refractivity contribution >= 4 is 11.9 Å². The van der Waals surface area contributed by atoms with Crippen LogP contribution in [0.3, 0.4) is 0 Å². The SMILES string of the molecule is Cc1ccoc1C(=O)NC(Cc1cnc[nH]1)C(=O)O. The summed E-state index contributed by atoms with van der Waals surface area (Å²) in [6, 6.07) is 0.594. The van der Waals surface area contributed by atoms with E-state index in [1.807, 2.05) is 0 Å². The van der Waals surface area contributed by atoms with Gasteiger partial charge in [0, 0.05) is 23.9 Å². The molecule has 1 unspecified atom stereocenters. The summed E-state index contributed by atoms with van der Waals surface area (Å²) < 4.78 is 5.02. The fourth-order valence-corrected chi connectivity index (χ4v) is 1.65. The number of imidazole rings is 1. The van der Waals surface area contributed by atoms with Gasteiger partial charge in [-0.25, -0.2) is 9.78 Å². The Bertz CT molecular complexity index is 574. The normalized spacial score (nSPS) is 12.1. The summed E-state index contributed by atoms with van der Waals surface area (Å²) in [5.41, 5.74) is 1.28. The van der Waals surface area contributed by atoms with Crippen LogP contribution >= 0.6 is 0 Å². The van der Waals surface area contributed by atoms with Crippen LogP contribution < -0.4 is 5.32 Å². The summed E-state index contributed by atoms with van der Waals surface area (Å²) in [5, 5.41) is 11.5. The number of carbonyl (C=O) groups is 2. The first-order valence-electron chi connectivity index (χ1n) is 5.63. The van der Waals surface area contributed by atoms with Gasteiger partial charge in [0.1, 0.15) is 6.04 Å². The van der Waals surface area contributed by atoms with Crippen LogP contribution in [0.15, 0.2) is 29.3 Å². The van der Waals surface area contributed by atoms with E-state index in [2.05, 4.69) is 15.3 Å². The Balaban J connectivity index is 2.07. The Labute approximate surface area is 108 Å². The van der Waals surface area contributed by atoms with Crippen LogP contribution in [-0.2, 0) is 11.2 Å². The summed E-state index contributed by atoms with van der Waals surface area (Å²) in [6.45, 7) is 1.71. The van der Waals surface area contributed by atoms with Crippen molar-refractivity contribution in [3.63, 3.8) is 0 Å². The minimum Gasteiger partial charge on any atom is -0.480 e. The number of furan rings is 1. The molecule has 0 aliphatic heterocycles. The van der Waals surface area contributed by atoms with Gasteiger partial charge < -0.3 is 19.8 Å². The second-order valence-corrected chi connectivity index (χ2v) is 4.08. The van der Waals surface area contributed by atoms with Crippen molar-refractivity contribution in [3.05, 3.63) is 41.9 Å². The van der Waals surface area contributed by atoms with Crippen LogP contribution in [0.1, 0.15) is 21.8 Å². The Hall–Kier alpha value is -2.57. The number of aromatic amines is 1. The van der Waals surface area contributed by atoms with Gasteiger partial charge in [0.15, 0.2) is 5.76 Å². The molecule has 0 saturated carbocycles. The largest absolute Gasteiger partial charge is 0.480 e. The predicted octanol–water partition coefficient (Wildman–Crippen LogP) is 0.737. The molecule has 3 N–H and O–H groups in total. The Kier molecular flexibility index (Phi) is 3.65. The summed E-state index contributed by atoms with van der Waals surface area (Å²) in [6.07, 6.45) is 4.47. The Morgan fingerprint density at radius 2 is 2.37 bits per heavy atom. The van der Waals surface area contributed by atoms with E-state index in [0.29, 0.717) is 11.3 Å². The minimum absolute atomic E-state index is 0.121. The molecule has 7 heteroatoms. The molecule has 2 aromatic rings. The third-order valence-corrected chi connectivity index (χ3v) is 2.65. The van der Waals surface area contributed by atoms with Gasteiger partial charge in [0.05, 0.1) is 12.6 Å². The molecular formula is C12H13N3O4. The molecule has 0 bridgehead atoms. The molecule has 0 aliphatic rings. The zero-order valence-electron chi connectivity index (χ0n) is 10.2. The van der Waals surface area contributed by atoms with Gasteiger partial charge in [0.25, 0.3) is 5.91 Å². The average molecular weight is 263 g/mol. The first-order chi connectivity index (χ1) is 9.08. The van der Waals surface area contributed by atoms with E-state index in [9.17, 15) is 9.59 Å². The van der Waals surface area contributed by atoms with Crippen molar-refractivity contribution in [1.82, 2.24) is 15.3 Å². The highest BCUT2D eigenvalue weighted by Gasteiger charge is 2.23. The second kappa shape index (κ2) is 5.38. The molecular weight excluding hydrogens is 250 g/mol. The molecule has 1 atom stereocenters. The predicted molar refractivity (Wildman–Crippen MR) is 64.6 cm³/mol. The first-order valence-corrected chi connectivity index (χ1v) is 5.63.